The predicted octanol–water partition coefficient (Wildman–Crippen LogP) is 4.43. The molecule has 1 atom stereocenters. The summed E-state index contributed by atoms with van der Waals surface area (Å²) in [7, 11) is 1.87. The van der Waals surface area contributed by atoms with Crippen molar-refractivity contribution >= 4 is 17.2 Å². The maximum absolute atomic E-state index is 13.8. The fourth-order valence-electron chi connectivity index (χ4n) is 3.80. The summed E-state index contributed by atoms with van der Waals surface area (Å²) in [6.45, 7) is 7.79. The van der Waals surface area contributed by atoms with Crippen molar-refractivity contribution in [3.63, 3.8) is 0 Å². The minimum Gasteiger partial charge on any atom is -0.340 e. The van der Waals surface area contributed by atoms with Crippen molar-refractivity contribution in [1.29, 1.82) is 0 Å². The minimum atomic E-state index is -0.120. The average Bonchev–Trinajstić information content (AvgIpc) is 3.17. The Bertz CT molecular complexity index is 792. The zero-order chi connectivity index (χ0) is 20.1. The molecule has 6 heteroatoms. The molecule has 1 amide bonds. The van der Waals surface area contributed by atoms with E-state index in [4.69, 9.17) is 0 Å². The van der Waals surface area contributed by atoms with Gasteiger partial charge in [-0.2, -0.15) is 0 Å². The highest BCUT2D eigenvalue weighted by molar-refractivity contribution is 7.09. The van der Waals surface area contributed by atoms with Crippen LogP contribution in [-0.4, -0.2) is 53.9 Å². The minimum absolute atomic E-state index is 0.00614. The first-order valence-corrected chi connectivity index (χ1v) is 11.0. The zero-order valence-corrected chi connectivity index (χ0v) is 17.8. The van der Waals surface area contributed by atoms with Crippen LogP contribution in [-0.2, 0) is 6.42 Å². The largest absolute Gasteiger partial charge is 0.340 e. The molecule has 4 nitrogen and oxygen atoms in total. The molecule has 0 saturated carbocycles. The molecule has 3 rings (SSSR count). The molecule has 1 saturated heterocycles. The van der Waals surface area contributed by atoms with Gasteiger partial charge >= 0.3 is 0 Å². The van der Waals surface area contributed by atoms with Crippen LogP contribution in [0.15, 0.2) is 29.6 Å². The number of aromatic nitrogens is 1. The standard InChI is InChI=1S/C22H30FN3OS/c1-16(2)21-24-20(15-28-21)22(27)25(3)13-17-7-6-11-26(14-17)12-10-18-8-4-5-9-19(18)23/h4-5,8-9,15-17H,6-7,10-14H2,1-3H3/t17-/m1/s1. The number of benzene rings is 1. The van der Waals surface area contributed by atoms with Gasteiger partial charge < -0.3 is 9.80 Å². The first-order valence-electron chi connectivity index (χ1n) is 10.1. The second-order valence-electron chi connectivity index (χ2n) is 8.06. The van der Waals surface area contributed by atoms with Crippen LogP contribution in [0.5, 0.6) is 0 Å². The fraction of sp³-hybridized carbons (Fsp3) is 0.545. The number of thiazole rings is 1. The SMILES string of the molecule is CC(C)c1nc(C(=O)N(C)C[C@H]2CCCN(CCc3ccccc3F)C2)cs1. The van der Waals surface area contributed by atoms with E-state index in [9.17, 15) is 9.18 Å². The van der Waals surface area contributed by atoms with Gasteiger partial charge in [0.1, 0.15) is 11.5 Å². The van der Waals surface area contributed by atoms with Crippen LogP contribution < -0.4 is 0 Å². The Kier molecular flexibility index (Phi) is 7.18. The Morgan fingerprint density at radius 1 is 1.39 bits per heavy atom. The van der Waals surface area contributed by atoms with Crippen molar-refractivity contribution in [2.24, 2.45) is 5.92 Å². The molecule has 0 bridgehead atoms. The molecule has 152 valence electrons. The van der Waals surface area contributed by atoms with Crippen LogP contribution >= 0.6 is 11.3 Å². The van der Waals surface area contributed by atoms with Crippen molar-refractivity contribution in [3.05, 3.63) is 51.7 Å². The molecule has 0 radical (unpaired) electrons. The molecule has 1 aromatic heterocycles. The lowest BCUT2D eigenvalue weighted by molar-refractivity contribution is 0.0725. The highest BCUT2D eigenvalue weighted by Crippen LogP contribution is 2.22. The van der Waals surface area contributed by atoms with Gasteiger partial charge in [0.2, 0.25) is 0 Å². The molecular weight excluding hydrogens is 373 g/mol. The van der Waals surface area contributed by atoms with Crippen molar-refractivity contribution in [2.45, 2.75) is 39.0 Å². The third-order valence-corrected chi connectivity index (χ3v) is 6.52. The Morgan fingerprint density at radius 2 is 2.18 bits per heavy atom. The highest BCUT2D eigenvalue weighted by Gasteiger charge is 2.24. The number of piperidine rings is 1. The summed E-state index contributed by atoms with van der Waals surface area (Å²) in [5.74, 6) is 0.682. The molecule has 1 aromatic carbocycles. The van der Waals surface area contributed by atoms with Crippen LogP contribution in [0.1, 0.15) is 53.7 Å². The van der Waals surface area contributed by atoms with E-state index in [-0.39, 0.29) is 11.7 Å². The maximum atomic E-state index is 13.8. The van der Waals surface area contributed by atoms with E-state index in [0.29, 0.717) is 17.5 Å². The molecule has 1 aliphatic rings. The van der Waals surface area contributed by atoms with E-state index in [1.54, 1.807) is 17.4 Å². The Labute approximate surface area is 171 Å². The number of rotatable bonds is 7. The quantitative estimate of drug-likeness (QED) is 0.686. The molecule has 2 aromatic rings. The smallest absolute Gasteiger partial charge is 0.273 e. The molecule has 0 N–H and O–H groups in total. The van der Waals surface area contributed by atoms with Crippen molar-refractivity contribution < 1.29 is 9.18 Å². The van der Waals surface area contributed by atoms with E-state index in [1.807, 2.05) is 29.5 Å². The summed E-state index contributed by atoms with van der Waals surface area (Å²) in [6.07, 6.45) is 2.98. The van der Waals surface area contributed by atoms with Gasteiger partial charge in [0.25, 0.3) is 5.91 Å². The monoisotopic (exact) mass is 403 g/mol. The second-order valence-corrected chi connectivity index (χ2v) is 8.95. The Balaban J connectivity index is 1.51. The number of likely N-dealkylation sites (tertiary alicyclic amines) is 1. The van der Waals surface area contributed by atoms with Gasteiger partial charge in [0.05, 0.1) is 5.01 Å². The Morgan fingerprint density at radius 3 is 2.89 bits per heavy atom. The molecule has 1 fully saturated rings. The first kappa shape index (κ1) is 20.9. The molecule has 2 heterocycles. The lowest BCUT2D eigenvalue weighted by Crippen LogP contribution is -2.42. The van der Waals surface area contributed by atoms with Gasteiger partial charge in [-0.25, -0.2) is 9.37 Å². The average molecular weight is 404 g/mol. The molecule has 0 unspecified atom stereocenters. The third-order valence-electron chi connectivity index (χ3n) is 5.37. The van der Waals surface area contributed by atoms with Crippen molar-refractivity contribution in [2.75, 3.05) is 33.2 Å². The van der Waals surface area contributed by atoms with Gasteiger partial charge in [-0.1, -0.05) is 32.0 Å². The van der Waals surface area contributed by atoms with E-state index in [0.717, 1.165) is 56.0 Å². The van der Waals surface area contributed by atoms with Crippen molar-refractivity contribution in [3.8, 4) is 0 Å². The first-order chi connectivity index (χ1) is 13.4. The molecule has 0 spiro atoms. The lowest BCUT2D eigenvalue weighted by atomic mass is 9.97. The van der Waals surface area contributed by atoms with Gasteiger partial charge in [-0.05, 0) is 43.4 Å². The van der Waals surface area contributed by atoms with Crippen LogP contribution in [0.25, 0.3) is 0 Å². The Hall–Kier alpha value is -1.79. The topological polar surface area (TPSA) is 36.4 Å². The summed E-state index contributed by atoms with van der Waals surface area (Å²) >= 11 is 1.56. The van der Waals surface area contributed by atoms with Gasteiger partial charge in [-0.3, -0.25) is 4.79 Å². The number of hydrogen-bond donors (Lipinski definition) is 0. The van der Waals surface area contributed by atoms with Gasteiger partial charge in [-0.15, -0.1) is 11.3 Å². The number of carbonyl (C=O) groups excluding carboxylic acids is 1. The summed E-state index contributed by atoms with van der Waals surface area (Å²) < 4.78 is 13.8. The number of amides is 1. The fourth-order valence-corrected chi connectivity index (χ4v) is 4.61. The summed E-state index contributed by atoms with van der Waals surface area (Å²) in [4.78, 5) is 21.4. The maximum Gasteiger partial charge on any atom is 0.273 e. The number of halogens is 1. The van der Waals surface area contributed by atoms with Crippen LogP contribution in [0.2, 0.25) is 0 Å². The summed E-state index contributed by atoms with van der Waals surface area (Å²) in [5.41, 5.74) is 1.34. The molecule has 0 aliphatic carbocycles. The van der Waals surface area contributed by atoms with E-state index < -0.39 is 0 Å². The van der Waals surface area contributed by atoms with Crippen LogP contribution in [0, 0.1) is 11.7 Å². The van der Waals surface area contributed by atoms with Gasteiger partial charge in [0.15, 0.2) is 0 Å². The zero-order valence-electron chi connectivity index (χ0n) is 17.0. The van der Waals surface area contributed by atoms with Gasteiger partial charge in [0, 0.05) is 38.0 Å². The predicted molar refractivity (Wildman–Crippen MR) is 112 cm³/mol. The highest BCUT2D eigenvalue weighted by atomic mass is 32.1. The third kappa shape index (κ3) is 5.39. The summed E-state index contributed by atoms with van der Waals surface area (Å²) in [6, 6.07) is 7.01. The van der Waals surface area contributed by atoms with Crippen molar-refractivity contribution in [1.82, 2.24) is 14.8 Å². The number of nitrogens with zero attached hydrogens (tertiary/aromatic N) is 3. The molecular formula is C22H30FN3OS. The summed E-state index contributed by atoms with van der Waals surface area (Å²) in [5, 5.41) is 2.88. The van der Waals surface area contributed by atoms with E-state index >= 15 is 0 Å². The number of hydrogen-bond acceptors (Lipinski definition) is 4. The molecule has 28 heavy (non-hydrogen) atoms. The number of carbonyl (C=O) groups is 1. The van der Waals surface area contributed by atoms with Crippen LogP contribution in [0.3, 0.4) is 0 Å². The molecule has 1 aliphatic heterocycles. The second kappa shape index (κ2) is 9.61. The van der Waals surface area contributed by atoms with E-state index in [2.05, 4.69) is 23.7 Å². The normalized spacial score (nSPS) is 17.8. The lowest BCUT2D eigenvalue weighted by Gasteiger charge is -2.34. The van der Waals surface area contributed by atoms with E-state index in [1.165, 1.54) is 6.07 Å². The van der Waals surface area contributed by atoms with Crippen LogP contribution in [0.4, 0.5) is 4.39 Å².